The highest BCUT2D eigenvalue weighted by Crippen LogP contribution is 2.33. The number of fused-ring (bicyclic) bond motifs is 1. The number of hydrogen-bond donors (Lipinski definition) is 0. The van der Waals surface area contributed by atoms with Gasteiger partial charge in [0.25, 0.3) is 0 Å². The van der Waals surface area contributed by atoms with E-state index >= 15 is 0 Å². The lowest BCUT2D eigenvalue weighted by atomic mass is 10.0. The third kappa shape index (κ3) is 2.33. The summed E-state index contributed by atoms with van der Waals surface area (Å²) in [4.78, 5) is 2.30. The smallest absolute Gasteiger partial charge is 0.134 e. The monoisotopic (exact) mass is 287 g/mol. The first-order chi connectivity index (χ1) is 10.9. The largest absolute Gasteiger partial charge is 0.458 e. The number of para-hydroxylation sites is 1. The SMILES string of the molecule is C1=CCN(C(c2ccccc2)c2cc3ccccc3o2)C=C1. The Morgan fingerprint density at radius 2 is 1.73 bits per heavy atom. The lowest BCUT2D eigenvalue weighted by molar-refractivity contribution is 0.306. The second-order valence-electron chi connectivity index (χ2n) is 5.47. The van der Waals surface area contributed by atoms with Crippen molar-refractivity contribution < 1.29 is 4.42 Å². The Kier molecular flexibility index (Phi) is 3.28. The van der Waals surface area contributed by atoms with Gasteiger partial charge >= 0.3 is 0 Å². The van der Waals surface area contributed by atoms with Crippen LogP contribution in [0, 0.1) is 0 Å². The van der Waals surface area contributed by atoms with E-state index in [0.29, 0.717) is 0 Å². The van der Waals surface area contributed by atoms with E-state index in [-0.39, 0.29) is 6.04 Å². The Hall–Kier alpha value is -2.74. The topological polar surface area (TPSA) is 16.4 Å². The van der Waals surface area contributed by atoms with Crippen molar-refractivity contribution >= 4 is 11.0 Å². The fraction of sp³-hybridized carbons (Fsp3) is 0.100. The molecular formula is C20H17NO. The molecule has 0 bridgehead atoms. The fourth-order valence-electron chi connectivity index (χ4n) is 2.97. The zero-order valence-electron chi connectivity index (χ0n) is 12.2. The number of nitrogens with zero attached hydrogens (tertiary/aromatic N) is 1. The predicted octanol–water partition coefficient (Wildman–Crippen LogP) is 4.91. The minimum absolute atomic E-state index is 0.0924. The summed E-state index contributed by atoms with van der Waals surface area (Å²) in [6.45, 7) is 0.882. The molecule has 0 saturated carbocycles. The molecule has 2 aromatic carbocycles. The van der Waals surface area contributed by atoms with E-state index in [1.165, 1.54) is 5.56 Å². The third-order valence-corrected chi connectivity index (χ3v) is 4.00. The quantitative estimate of drug-likeness (QED) is 0.680. The molecule has 0 radical (unpaired) electrons. The molecule has 0 saturated heterocycles. The molecule has 3 aromatic rings. The molecule has 0 spiro atoms. The average molecular weight is 287 g/mol. The minimum atomic E-state index is 0.0924. The zero-order valence-corrected chi connectivity index (χ0v) is 12.2. The van der Waals surface area contributed by atoms with Crippen molar-refractivity contribution in [2.75, 3.05) is 6.54 Å². The van der Waals surface area contributed by atoms with Gasteiger partial charge in [0.15, 0.2) is 0 Å². The van der Waals surface area contributed by atoms with Gasteiger partial charge in [0.2, 0.25) is 0 Å². The van der Waals surface area contributed by atoms with Crippen molar-refractivity contribution in [3.05, 3.63) is 96.4 Å². The molecule has 22 heavy (non-hydrogen) atoms. The summed E-state index contributed by atoms with van der Waals surface area (Å²) < 4.78 is 6.14. The van der Waals surface area contributed by atoms with E-state index < -0.39 is 0 Å². The van der Waals surface area contributed by atoms with Crippen LogP contribution >= 0.6 is 0 Å². The van der Waals surface area contributed by atoms with E-state index in [2.05, 4.69) is 65.7 Å². The molecule has 1 unspecified atom stereocenters. The Morgan fingerprint density at radius 1 is 0.909 bits per heavy atom. The maximum absolute atomic E-state index is 6.14. The predicted molar refractivity (Wildman–Crippen MR) is 89.5 cm³/mol. The third-order valence-electron chi connectivity index (χ3n) is 4.00. The molecule has 2 heterocycles. The lowest BCUT2D eigenvalue weighted by Gasteiger charge is -2.29. The lowest BCUT2D eigenvalue weighted by Crippen LogP contribution is -2.25. The standard InChI is InChI=1S/C20H17NO/c1-3-9-16(10-4-1)20(21-13-7-2-8-14-21)19-15-17-11-5-6-12-18(17)22-19/h1-13,15,20H,14H2. The van der Waals surface area contributed by atoms with E-state index in [1.54, 1.807) is 0 Å². The van der Waals surface area contributed by atoms with Crippen LogP contribution in [0.1, 0.15) is 17.4 Å². The highest BCUT2D eigenvalue weighted by atomic mass is 16.3. The van der Waals surface area contributed by atoms with E-state index in [4.69, 9.17) is 4.42 Å². The average Bonchev–Trinajstić information content (AvgIpc) is 3.00. The van der Waals surface area contributed by atoms with Crippen LogP contribution in [0.15, 0.2) is 89.5 Å². The normalized spacial score (nSPS) is 15.4. The van der Waals surface area contributed by atoms with Gasteiger partial charge in [-0.2, -0.15) is 0 Å². The molecule has 1 aliphatic rings. The van der Waals surface area contributed by atoms with Gasteiger partial charge in [-0.05, 0) is 23.8 Å². The highest BCUT2D eigenvalue weighted by molar-refractivity contribution is 5.78. The van der Waals surface area contributed by atoms with Gasteiger partial charge in [-0.3, -0.25) is 0 Å². The van der Waals surface area contributed by atoms with Crippen molar-refractivity contribution in [1.82, 2.24) is 4.90 Å². The first kappa shape index (κ1) is 13.0. The van der Waals surface area contributed by atoms with Crippen molar-refractivity contribution in [1.29, 1.82) is 0 Å². The Bertz CT molecular complexity index is 796. The van der Waals surface area contributed by atoms with Crippen LogP contribution in [0.3, 0.4) is 0 Å². The van der Waals surface area contributed by atoms with E-state index in [9.17, 15) is 0 Å². The summed E-state index contributed by atoms with van der Waals surface area (Å²) in [5, 5.41) is 1.15. The minimum Gasteiger partial charge on any atom is -0.458 e. The summed E-state index contributed by atoms with van der Waals surface area (Å²) in [5.41, 5.74) is 2.18. The second-order valence-corrected chi connectivity index (χ2v) is 5.47. The summed E-state index contributed by atoms with van der Waals surface area (Å²) in [5.74, 6) is 0.979. The van der Waals surface area contributed by atoms with Crippen LogP contribution in [0.2, 0.25) is 0 Å². The van der Waals surface area contributed by atoms with Gasteiger partial charge in [-0.1, -0.05) is 60.7 Å². The van der Waals surface area contributed by atoms with Crippen LogP contribution < -0.4 is 0 Å². The number of hydrogen-bond acceptors (Lipinski definition) is 2. The molecule has 108 valence electrons. The molecular weight excluding hydrogens is 270 g/mol. The van der Waals surface area contributed by atoms with Crippen LogP contribution in [0.4, 0.5) is 0 Å². The van der Waals surface area contributed by atoms with Gasteiger partial charge < -0.3 is 9.32 Å². The highest BCUT2D eigenvalue weighted by Gasteiger charge is 2.23. The summed E-state index contributed by atoms with van der Waals surface area (Å²) in [6.07, 6.45) is 8.45. The maximum atomic E-state index is 6.14. The van der Waals surface area contributed by atoms with Crippen LogP contribution in [-0.2, 0) is 0 Å². The maximum Gasteiger partial charge on any atom is 0.134 e. The van der Waals surface area contributed by atoms with Crippen LogP contribution in [0.5, 0.6) is 0 Å². The molecule has 1 aliphatic heterocycles. The van der Waals surface area contributed by atoms with Crippen molar-refractivity contribution in [2.45, 2.75) is 6.04 Å². The Labute approximate surface area is 130 Å². The number of furan rings is 1. The summed E-state index contributed by atoms with van der Waals surface area (Å²) in [6, 6.07) is 20.9. The number of benzene rings is 2. The zero-order chi connectivity index (χ0) is 14.8. The van der Waals surface area contributed by atoms with Gasteiger partial charge in [-0.25, -0.2) is 0 Å². The molecule has 2 heteroatoms. The van der Waals surface area contributed by atoms with E-state index in [0.717, 1.165) is 23.3 Å². The number of allylic oxidation sites excluding steroid dienone is 2. The molecule has 1 aromatic heterocycles. The molecule has 0 fully saturated rings. The van der Waals surface area contributed by atoms with Crippen molar-refractivity contribution in [2.24, 2.45) is 0 Å². The molecule has 4 rings (SSSR count). The molecule has 0 N–H and O–H groups in total. The van der Waals surface area contributed by atoms with Crippen molar-refractivity contribution in [3.8, 4) is 0 Å². The fourth-order valence-corrected chi connectivity index (χ4v) is 2.97. The summed E-state index contributed by atoms with van der Waals surface area (Å²) >= 11 is 0. The molecule has 0 aliphatic carbocycles. The molecule has 0 amide bonds. The second kappa shape index (κ2) is 5.57. The van der Waals surface area contributed by atoms with Gasteiger partial charge in [0, 0.05) is 18.1 Å². The molecule has 1 atom stereocenters. The Balaban J connectivity index is 1.82. The van der Waals surface area contributed by atoms with Crippen LogP contribution in [0.25, 0.3) is 11.0 Å². The van der Waals surface area contributed by atoms with Gasteiger partial charge in [0.1, 0.15) is 17.4 Å². The molecule has 2 nitrogen and oxygen atoms in total. The summed E-state index contributed by atoms with van der Waals surface area (Å²) in [7, 11) is 0. The first-order valence-electron chi connectivity index (χ1n) is 7.54. The first-order valence-corrected chi connectivity index (χ1v) is 7.54. The van der Waals surface area contributed by atoms with E-state index in [1.807, 2.05) is 24.3 Å². The van der Waals surface area contributed by atoms with Crippen molar-refractivity contribution in [3.63, 3.8) is 0 Å². The van der Waals surface area contributed by atoms with Gasteiger partial charge in [-0.15, -0.1) is 0 Å². The number of rotatable bonds is 3. The van der Waals surface area contributed by atoms with Gasteiger partial charge in [0.05, 0.1) is 0 Å². The van der Waals surface area contributed by atoms with Crippen LogP contribution in [-0.4, -0.2) is 11.4 Å². The Morgan fingerprint density at radius 3 is 2.50 bits per heavy atom.